The number of para-hydroxylation sites is 1. The van der Waals surface area contributed by atoms with E-state index in [9.17, 15) is 0 Å². The van der Waals surface area contributed by atoms with Gasteiger partial charge in [0.2, 0.25) is 0 Å². The zero-order valence-corrected chi connectivity index (χ0v) is 12.3. The molecule has 0 saturated carbocycles. The standard InChI is InChI=1S/C18H22O2/c1-3-13-20-17-9-6-7-15(14-17)11-12-16-8-4-5-10-18(16)19-2/h4-10,14H,3,11-13H2,1-2H3. The van der Waals surface area contributed by atoms with Crippen LogP contribution in [0.5, 0.6) is 11.5 Å². The molecule has 0 saturated heterocycles. The fourth-order valence-electron chi connectivity index (χ4n) is 2.20. The topological polar surface area (TPSA) is 18.5 Å². The van der Waals surface area contributed by atoms with Gasteiger partial charge < -0.3 is 9.47 Å². The van der Waals surface area contributed by atoms with Crippen molar-refractivity contribution in [3.05, 3.63) is 59.7 Å². The molecule has 0 aliphatic heterocycles. The summed E-state index contributed by atoms with van der Waals surface area (Å²) in [7, 11) is 1.72. The van der Waals surface area contributed by atoms with Crippen LogP contribution < -0.4 is 9.47 Å². The van der Waals surface area contributed by atoms with Crippen LogP contribution >= 0.6 is 0 Å². The molecule has 0 aliphatic carbocycles. The van der Waals surface area contributed by atoms with Crippen LogP contribution in [0.25, 0.3) is 0 Å². The van der Waals surface area contributed by atoms with E-state index in [0.29, 0.717) is 0 Å². The fraction of sp³-hybridized carbons (Fsp3) is 0.333. The molecule has 106 valence electrons. The Balaban J connectivity index is 1.99. The summed E-state index contributed by atoms with van der Waals surface area (Å²) >= 11 is 0. The van der Waals surface area contributed by atoms with Crippen LogP contribution in [0.3, 0.4) is 0 Å². The Hall–Kier alpha value is -1.96. The summed E-state index contributed by atoms with van der Waals surface area (Å²) in [5, 5.41) is 0. The maximum Gasteiger partial charge on any atom is 0.122 e. The smallest absolute Gasteiger partial charge is 0.122 e. The van der Waals surface area contributed by atoms with Crippen molar-refractivity contribution in [2.24, 2.45) is 0 Å². The molecule has 0 fully saturated rings. The first kappa shape index (κ1) is 14.4. The van der Waals surface area contributed by atoms with Crippen LogP contribution in [0, 0.1) is 0 Å². The van der Waals surface area contributed by atoms with E-state index in [-0.39, 0.29) is 0 Å². The van der Waals surface area contributed by atoms with Crippen molar-refractivity contribution in [1.82, 2.24) is 0 Å². The highest BCUT2D eigenvalue weighted by atomic mass is 16.5. The van der Waals surface area contributed by atoms with Gasteiger partial charge in [-0.25, -0.2) is 0 Å². The monoisotopic (exact) mass is 270 g/mol. The van der Waals surface area contributed by atoms with Crippen molar-refractivity contribution in [2.75, 3.05) is 13.7 Å². The summed E-state index contributed by atoms with van der Waals surface area (Å²) in [5.74, 6) is 1.93. The molecule has 20 heavy (non-hydrogen) atoms. The molecular formula is C18H22O2. The highest BCUT2D eigenvalue weighted by Gasteiger charge is 2.03. The normalized spacial score (nSPS) is 10.3. The van der Waals surface area contributed by atoms with Gasteiger partial charge in [-0.1, -0.05) is 37.3 Å². The maximum absolute atomic E-state index is 5.67. The molecule has 2 nitrogen and oxygen atoms in total. The summed E-state index contributed by atoms with van der Waals surface area (Å²) in [5.41, 5.74) is 2.54. The number of benzene rings is 2. The van der Waals surface area contributed by atoms with Crippen molar-refractivity contribution in [1.29, 1.82) is 0 Å². The van der Waals surface area contributed by atoms with Crippen LogP contribution in [0.2, 0.25) is 0 Å². The molecule has 2 aromatic carbocycles. The zero-order chi connectivity index (χ0) is 14.2. The summed E-state index contributed by atoms with van der Waals surface area (Å²) < 4.78 is 11.1. The number of hydrogen-bond donors (Lipinski definition) is 0. The van der Waals surface area contributed by atoms with E-state index in [1.807, 2.05) is 18.2 Å². The van der Waals surface area contributed by atoms with E-state index in [1.54, 1.807) is 7.11 Å². The molecule has 0 bridgehead atoms. The van der Waals surface area contributed by atoms with Gasteiger partial charge in [0, 0.05) is 0 Å². The number of rotatable bonds is 7. The Morgan fingerprint density at radius 1 is 0.950 bits per heavy atom. The molecule has 2 rings (SSSR count). The van der Waals surface area contributed by atoms with Gasteiger partial charge in [-0.2, -0.15) is 0 Å². The van der Waals surface area contributed by atoms with Crippen molar-refractivity contribution in [3.63, 3.8) is 0 Å². The lowest BCUT2D eigenvalue weighted by atomic mass is 10.0. The molecule has 0 N–H and O–H groups in total. The van der Waals surface area contributed by atoms with Crippen LogP contribution in [-0.2, 0) is 12.8 Å². The quantitative estimate of drug-likeness (QED) is 0.748. The molecule has 0 spiro atoms. The molecular weight excluding hydrogens is 248 g/mol. The minimum atomic E-state index is 0.774. The number of aryl methyl sites for hydroxylation is 2. The van der Waals surface area contributed by atoms with Gasteiger partial charge in [0.05, 0.1) is 13.7 Å². The Morgan fingerprint density at radius 2 is 1.80 bits per heavy atom. The van der Waals surface area contributed by atoms with E-state index < -0.39 is 0 Å². The van der Waals surface area contributed by atoms with Crippen LogP contribution in [0.4, 0.5) is 0 Å². The summed E-state index contributed by atoms with van der Waals surface area (Å²) in [4.78, 5) is 0. The van der Waals surface area contributed by atoms with Gasteiger partial charge in [0.1, 0.15) is 11.5 Å². The van der Waals surface area contributed by atoms with Gasteiger partial charge in [-0.3, -0.25) is 0 Å². The Morgan fingerprint density at radius 3 is 2.60 bits per heavy atom. The first-order valence-electron chi connectivity index (χ1n) is 7.17. The highest BCUT2D eigenvalue weighted by molar-refractivity contribution is 5.35. The van der Waals surface area contributed by atoms with Crippen molar-refractivity contribution in [2.45, 2.75) is 26.2 Å². The second-order valence-corrected chi connectivity index (χ2v) is 4.81. The van der Waals surface area contributed by atoms with Crippen LogP contribution in [0.15, 0.2) is 48.5 Å². The van der Waals surface area contributed by atoms with Gasteiger partial charge >= 0.3 is 0 Å². The molecule has 2 aromatic rings. The lowest BCUT2D eigenvalue weighted by molar-refractivity contribution is 0.317. The molecule has 0 heterocycles. The third-order valence-electron chi connectivity index (χ3n) is 3.25. The largest absolute Gasteiger partial charge is 0.496 e. The third-order valence-corrected chi connectivity index (χ3v) is 3.25. The average Bonchev–Trinajstić information content (AvgIpc) is 2.51. The zero-order valence-electron chi connectivity index (χ0n) is 12.3. The van der Waals surface area contributed by atoms with E-state index in [1.165, 1.54) is 11.1 Å². The molecule has 0 aliphatic rings. The summed E-state index contributed by atoms with van der Waals surface area (Å²) in [6.45, 7) is 2.89. The predicted molar refractivity (Wildman–Crippen MR) is 82.6 cm³/mol. The number of methoxy groups -OCH3 is 1. The van der Waals surface area contributed by atoms with E-state index in [0.717, 1.165) is 37.4 Å². The van der Waals surface area contributed by atoms with Crippen molar-refractivity contribution < 1.29 is 9.47 Å². The van der Waals surface area contributed by atoms with E-state index in [2.05, 4.69) is 37.3 Å². The second-order valence-electron chi connectivity index (χ2n) is 4.81. The number of ether oxygens (including phenoxy) is 2. The van der Waals surface area contributed by atoms with Gasteiger partial charge in [0.25, 0.3) is 0 Å². The Bertz CT molecular complexity index is 534. The first-order valence-corrected chi connectivity index (χ1v) is 7.17. The SMILES string of the molecule is CCCOc1cccc(CCc2ccccc2OC)c1. The van der Waals surface area contributed by atoms with Crippen LogP contribution in [-0.4, -0.2) is 13.7 Å². The number of hydrogen-bond acceptors (Lipinski definition) is 2. The molecule has 2 heteroatoms. The lowest BCUT2D eigenvalue weighted by Gasteiger charge is -2.09. The average molecular weight is 270 g/mol. The summed E-state index contributed by atoms with van der Waals surface area (Å²) in [6, 6.07) is 16.5. The van der Waals surface area contributed by atoms with Crippen LogP contribution in [0.1, 0.15) is 24.5 Å². The molecule has 0 unspecified atom stereocenters. The first-order chi connectivity index (χ1) is 9.83. The van der Waals surface area contributed by atoms with Gasteiger partial charge in [0.15, 0.2) is 0 Å². The Kier molecular flexibility index (Phi) is 5.48. The lowest BCUT2D eigenvalue weighted by Crippen LogP contribution is -1.97. The predicted octanol–water partition coefficient (Wildman–Crippen LogP) is 4.27. The third kappa shape index (κ3) is 4.02. The van der Waals surface area contributed by atoms with Crippen molar-refractivity contribution >= 4 is 0 Å². The summed E-state index contributed by atoms with van der Waals surface area (Å²) in [6.07, 6.45) is 3.00. The van der Waals surface area contributed by atoms with Crippen molar-refractivity contribution in [3.8, 4) is 11.5 Å². The minimum Gasteiger partial charge on any atom is -0.496 e. The van der Waals surface area contributed by atoms with Gasteiger partial charge in [-0.15, -0.1) is 0 Å². The molecule has 0 atom stereocenters. The molecule has 0 amide bonds. The van der Waals surface area contributed by atoms with E-state index in [4.69, 9.17) is 9.47 Å². The fourth-order valence-corrected chi connectivity index (χ4v) is 2.20. The maximum atomic E-state index is 5.67. The van der Waals surface area contributed by atoms with E-state index >= 15 is 0 Å². The van der Waals surface area contributed by atoms with Gasteiger partial charge in [-0.05, 0) is 48.6 Å². The molecule has 0 radical (unpaired) electrons. The Labute approximate surface area is 121 Å². The minimum absolute atomic E-state index is 0.774. The second kappa shape index (κ2) is 7.59. The molecule has 0 aromatic heterocycles. The highest BCUT2D eigenvalue weighted by Crippen LogP contribution is 2.21.